The summed E-state index contributed by atoms with van der Waals surface area (Å²) in [6, 6.07) is 13.8. The number of nitrogens with zero attached hydrogens (tertiary/aromatic N) is 1. The van der Waals surface area contributed by atoms with Gasteiger partial charge in [0.1, 0.15) is 5.75 Å². The fraction of sp³-hybridized carbons (Fsp3) is 0.391. The highest BCUT2D eigenvalue weighted by atomic mass is 16.5. The molecule has 5 nitrogen and oxygen atoms in total. The SMILES string of the molecule is CNC(=O)c1ccc(CN(C(=O)CCOc2ccc(C)cc2C)C2CC2)cc1. The lowest BCUT2D eigenvalue weighted by Gasteiger charge is -2.23. The number of ether oxygens (including phenoxy) is 1. The van der Waals surface area contributed by atoms with Crippen LogP contribution in [-0.2, 0) is 11.3 Å². The molecule has 0 radical (unpaired) electrons. The molecular weight excluding hydrogens is 352 g/mol. The van der Waals surface area contributed by atoms with Gasteiger partial charge in [-0.05, 0) is 56.0 Å². The molecule has 0 saturated heterocycles. The number of hydrogen-bond acceptors (Lipinski definition) is 3. The summed E-state index contributed by atoms with van der Waals surface area (Å²) < 4.78 is 5.83. The summed E-state index contributed by atoms with van der Waals surface area (Å²) in [6.07, 6.45) is 2.47. The van der Waals surface area contributed by atoms with Gasteiger partial charge in [0, 0.05) is 25.2 Å². The van der Waals surface area contributed by atoms with E-state index >= 15 is 0 Å². The first kappa shape index (κ1) is 19.9. The minimum absolute atomic E-state index is 0.106. The molecule has 1 N–H and O–H groups in total. The fourth-order valence-electron chi connectivity index (χ4n) is 3.26. The minimum Gasteiger partial charge on any atom is -0.493 e. The van der Waals surface area contributed by atoms with Crippen LogP contribution in [0.2, 0.25) is 0 Å². The van der Waals surface area contributed by atoms with Gasteiger partial charge in [0.2, 0.25) is 5.91 Å². The average molecular weight is 380 g/mol. The van der Waals surface area contributed by atoms with Gasteiger partial charge in [-0.15, -0.1) is 0 Å². The zero-order chi connectivity index (χ0) is 20.1. The van der Waals surface area contributed by atoms with Crippen LogP contribution in [0.25, 0.3) is 0 Å². The zero-order valence-corrected chi connectivity index (χ0v) is 16.8. The van der Waals surface area contributed by atoms with Crippen molar-refractivity contribution in [1.82, 2.24) is 10.2 Å². The van der Waals surface area contributed by atoms with Gasteiger partial charge in [-0.1, -0.05) is 29.8 Å². The van der Waals surface area contributed by atoms with Gasteiger partial charge in [-0.25, -0.2) is 0 Å². The topological polar surface area (TPSA) is 58.6 Å². The average Bonchev–Trinajstić information content (AvgIpc) is 3.52. The monoisotopic (exact) mass is 380 g/mol. The number of carbonyl (C=O) groups excluding carboxylic acids is 2. The summed E-state index contributed by atoms with van der Waals surface area (Å²) in [6.45, 7) is 5.01. The van der Waals surface area contributed by atoms with Crippen molar-refractivity contribution in [3.63, 3.8) is 0 Å². The van der Waals surface area contributed by atoms with Crippen LogP contribution < -0.4 is 10.1 Å². The van der Waals surface area contributed by atoms with Crippen molar-refractivity contribution in [2.45, 2.75) is 45.7 Å². The van der Waals surface area contributed by atoms with Crippen molar-refractivity contribution >= 4 is 11.8 Å². The van der Waals surface area contributed by atoms with Crippen LogP contribution in [0.1, 0.15) is 46.3 Å². The number of carbonyl (C=O) groups is 2. The van der Waals surface area contributed by atoms with Crippen molar-refractivity contribution in [2.75, 3.05) is 13.7 Å². The van der Waals surface area contributed by atoms with Gasteiger partial charge in [0.15, 0.2) is 0 Å². The molecule has 1 saturated carbocycles. The Kier molecular flexibility index (Phi) is 6.34. The van der Waals surface area contributed by atoms with Gasteiger partial charge in [-0.3, -0.25) is 9.59 Å². The number of nitrogens with one attached hydrogen (secondary N) is 1. The maximum atomic E-state index is 12.8. The molecule has 1 aliphatic rings. The lowest BCUT2D eigenvalue weighted by molar-refractivity contribution is -0.132. The van der Waals surface area contributed by atoms with Crippen LogP contribution in [0, 0.1) is 13.8 Å². The van der Waals surface area contributed by atoms with Crippen LogP contribution in [0.4, 0.5) is 0 Å². The maximum absolute atomic E-state index is 12.8. The smallest absolute Gasteiger partial charge is 0.251 e. The Hall–Kier alpha value is -2.82. The lowest BCUT2D eigenvalue weighted by atomic mass is 10.1. The van der Waals surface area contributed by atoms with E-state index < -0.39 is 0 Å². The molecule has 1 fully saturated rings. The molecule has 0 aliphatic heterocycles. The Morgan fingerprint density at radius 2 is 1.82 bits per heavy atom. The number of amides is 2. The number of benzene rings is 2. The van der Waals surface area contributed by atoms with Crippen molar-refractivity contribution in [1.29, 1.82) is 0 Å². The van der Waals surface area contributed by atoms with Gasteiger partial charge < -0.3 is 15.0 Å². The van der Waals surface area contributed by atoms with Crippen molar-refractivity contribution < 1.29 is 14.3 Å². The highest BCUT2D eigenvalue weighted by molar-refractivity contribution is 5.93. The van der Waals surface area contributed by atoms with Gasteiger partial charge in [-0.2, -0.15) is 0 Å². The second-order valence-electron chi connectivity index (χ2n) is 7.40. The second kappa shape index (κ2) is 8.91. The van der Waals surface area contributed by atoms with Crippen molar-refractivity contribution in [3.8, 4) is 5.75 Å². The summed E-state index contributed by atoms with van der Waals surface area (Å²) in [7, 11) is 1.61. The van der Waals surface area contributed by atoms with Crippen molar-refractivity contribution in [3.05, 3.63) is 64.7 Å². The molecule has 148 valence electrons. The standard InChI is InChI=1S/C23H28N2O3/c1-16-4-11-21(17(2)14-16)28-13-12-22(26)25(20-9-10-20)15-18-5-7-19(8-6-18)23(27)24-3/h4-8,11,14,20H,9-10,12-13,15H2,1-3H3,(H,24,27). The summed E-state index contributed by atoms with van der Waals surface area (Å²) >= 11 is 0. The summed E-state index contributed by atoms with van der Waals surface area (Å²) in [5, 5.41) is 2.61. The van der Waals surface area contributed by atoms with Crippen LogP contribution in [0.3, 0.4) is 0 Å². The first-order valence-electron chi connectivity index (χ1n) is 9.78. The van der Waals surface area contributed by atoms with Gasteiger partial charge in [0.25, 0.3) is 5.91 Å². The number of aryl methyl sites for hydroxylation is 2. The molecule has 28 heavy (non-hydrogen) atoms. The van der Waals surface area contributed by atoms with E-state index in [2.05, 4.69) is 18.3 Å². The molecule has 0 spiro atoms. The molecule has 0 aromatic heterocycles. The maximum Gasteiger partial charge on any atom is 0.251 e. The molecule has 0 bridgehead atoms. The first-order valence-corrected chi connectivity index (χ1v) is 9.78. The Morgan fingerprint density at radius 1 is 1.11 bits per heavy atom. The lowest BCUT2D eigenvalue weighted by Crippen LogP contribution is -2.33. The van der Waals surface area contributed by atoms with Gasteiger partial charge >= 0.3 is 0 Å². The molecule has 0 unspecified atom stereocenters. The third kappa shape index (κ3) is 5.12. The van der Waals surface area contributed by atoms with E-state index in [-0.39, 0.29) is 11.8 Å². The second-order valence-corrected chi connectivity index (χ2v) is 7.40. The van der Waals surface area contributed by atoms with Crippen LogP contribution in [0.5, 0.6) is 5.75 Å². The number of hydrogen-bond donors (Lipinski definition) is 1. The molecule has 2 amide bonds. The fourth-order valence-corrected chi connectivity index (χ4v) is 3.26. The van der Waals surface area contributed by atoms with E-state index in [9.17, 15) is 9.59 Å². The minimum atomic E-state index is -0.106. The molecule has 1 aliphatic carbocycles. The van der Waals surface area contributed by atoms with Gasteiger partial charge in [0.05, 0.1) is 13.0 Å². The Labute approximate surface area is 166 Å². The van der Waals surface area contributed by atoms with E-state index in [4.69, 9.17) is 4.74 Å². The molecular formula is C23H28N2O3. The number of rotatable bonds is 8. The van der Waals surface area contributed by atoms with Crippen molar-refractivity contribution in [2.24, 2.45) is 0 Å². The third-order valence-corrected chi connectivity index (χ3v) is 5.01. The van der Waals surface area contributed by atoms with Crippen LogP contribution in [0.15, 0.2) is 42.5 Å². The van der Waals surface area contributed by atoms with E-state index in [1.165, 1.54) is 5.56 Å². The van der Waals surface area contributed by atoms with E-state index in [0.29, 0.717) is 31.2 Å². The Balaban J connectivity index is 1.56. The van der Waals surface area contributed by atoms with Crippen LogP contribution >= 0.6 is 0 Å². The first-order chi connectivity index (χ1) is 13.5. The zero-order valence-electron chi connectivity index (χ0n) is 16.8. The highest BCUT2D eigenvalue weighted by Crippen LogP contribution is 2.29. The largest absolute Gasteiger partial charge is 0.493 e. The predicted octanol–water partition coefficient (Wildman–Crippen LogP) is 3.62. The highest BCUT2D eigenvalue weighted by Gasteiger charge is 2.32. The molecule has 0 heterocycles. The third-order valence-electron chi connectivity index (χ3n) is 5.01. The Bertz CT molecular complexity index is 841. The molecule has 3 rings (SSSR count). The Morgan fingerprint density at radius 3 is 2.43 bits per heavy atom. The van der Waals surface area contributed by atoms with Crippen LogP contribution in [-0.4, -0.2) is 36.4 Å². The summed E-state index contributed by atoms with van der Waals surface area (Å²) in [5.74, 6) is 0.842. The molecule has 5 heteroatoms. The summed E-state index contributed by atoms with van der Waals surface area (Å²) in [4.78, 5) is 26.4. The molecule has 0 atom stereocenters. The predicted molar refractivity (Wildman–Crippen MR) is 109 cm³/mol. The van der Waals surface area contributed by atoms with E-state index in [1.54, 1.807) is 19.2 Å². The normalized spacial score (nSPS) is 13.1. The summed E-state index contributed by atoms with van der Waals surface area (Å²) in [5.41, 5.74) is 3.94. The quantitative estimate of drug-likeness (QED) is 0.761. The van der Waals surface area contributed by atoms with E-state index in [0.717, 1.165) is 29.7 Å². The molecule has 2 aromatic carbocycles. The molecule has 2 aromatic rings. The van der Waals surface area contributed by atoms with E-state index in [1.807, 2.05) is 36.1 Å².